The number of unbranched alkanes of at least 4 members (excludes halogenated alkanes) is 1. The number of aromatic nitrogens is 4. The minimum absolute atomic E-state index is 0.546. The molecule has 0 saturated carbocycles. The maximum atomic E-state index is 5.52. The molecule has 2 rings (SSSR count). The summed E-state index contributed by atoms with van der Waals surface area (Å²) in [6.45, 7) is 0.695. The standard InChI is InChI=1S/C10H15N7/c11-9-7-8(15-16-9)3-1-2-4-14-17-10-12-5-6-13-10/h5-7H,1-4H2,(H,12,13)(H3,11,15,16)/b17-14+. The lowest BCUT2D eigenvalue weighted by Gasteiger charge is -1.93. The Morgan fingerprint density at radius 3 is 3.00 bits per heavy atom. The summed E-state index contributed by atoms with van der Waals surface area (Å²) in [6, 6.07) is 1.85. The first-order valence-electron chi connectivity index (χ1n) is 5.51. The van der Waals surface area contributed by atoms with Gasteiger partial charge in [0.25, 0.3) is 0 Å². The second kappa shape index (κ2) is 5.78. The van der Waals surface area contributed by atoms with Gasteiger partial charge in [0.15, 0.2) is 0 Å². The van der Waals surface area contributed by atoms with Gasteiger partial charge in [-0.3, -0.25) is 5.10 Å². The van der Waals surface area contributed by atoms with Crippen LogP contribution in [-0.2, 0) is 6.42 Å². The molecule has 0 atom stereocenters. The Hall–Kier alpha value is -2.18. The van der Waals surface area contributed by atoms with Crippen LogP contribution in [0.2, 0.25) is 0 Å². The van der Waals surface area contributed by atoms with Gasteiger partial charge in [0.2, 0.25) is 5.95 Å². The predicted molar refractivity (Wildman–Crippen MR) is 63.9 cm³/mol. The van der Waals surface area contributed by atoms with E-state index in [4.69, 9.17) is 5.73 Å². The quantitative estimate of drug-likeness (QED) is 0.523. The number of nitrogen functional groups attached to an aromatic ring is 1. The molecule has 7 heteroatoms. The topological polar surface area (TPSA) is 108 Å². The van der Waals surface area contributed by atoms with Crippen LogP contribution in [0.1, 0.15) is 18.5 Å². The lowest BCUT2D eigenvalue weighted by molar-refractivity contribution is 0.714. The number of anilines is 1. The summed E-state index contributed by atoms with van der Waals surface area (Å²) in [6.07, 6.45) is 6.26. The molecule has 0 radical (unpaired) electrons. The number of H-pyrrole nitrogens is 2. The molecule has 4 N–H and O–H groups in total. The largest absolute Gasteiger partial charge is 0.384 e. The van der Waals surface area contributed by atoms with E-state index in [2.05, 4.69) is 30.4 Å². The van der Waals surface area contributed by atoms with Crippen LogP contribution in [-0.4, -0.2) is 26.7 Å². The highest BCUT2D eigenvalue weighted by molar-refractivity contribution is 5.28. The summed E-state index contributed by atoms with van der Waals surface area (Å²) in [4.78, 5) is 6.80. The average molecular weight is 233 g/mol. The SMILES string of the molecule is Nc1cc(CCCC/N=N/c2ncc[nH]2)n[nH]1. The number of hydrogen-bond acceptors (Lipinski definition) is 5. The van der Waals surface area contributed by atoms with E-state index in [0.717, 1.165) is 25.0 Å². The molecule has 0 aromatic carbocycles. The zero-order valence-corrected chi connectivity index (χ0v) is 9.43. The smallest absolute Gasteiger partial charge is 0.246 e. The normalized spacial score (nSPS) is 11.3. The average Bonchev–Trinajstić information content (AvgIpc) is 2.95. The van der Waals surface area contributed by atoms with E-state index in [9.17, 15) is 0 Å². The van der Waals surface area contributed by atoms with E-state index in [1.165, 1.54) is 0 Å². The maximum Gasteiger partial charge on any atom is 0.246 e. The zero-order chi connectivity index (χ0) is 11.9. The van der Waals surface area contributed by atoms with Crippen LogP contribution < -0.4 is 5.73 Å². The van der Waals surface area contributed by atoms with E-state index >= 15 is 0 Å². The van der Waals surface area contributed by atoms with Crippen molar-refractivity contribution in [3.8, 4) is 0 Å². The van der Waals surface area contributed by atoms with Crippen molar-refractivity contribution in [2.45, 2.75) is 19.3 Å². The van der Waals surface area contributed by atoms with Crippen molar-refractivity contribution >= 4 is 11.8 Å². The molecular weight excluding hydrogens is 218 g/mol. The second-order valence-corrected chi connectivity index (χ2v) is 3.65. The van der Waals surface area contributed by atoms with Crippen LogP contribution in [0.3, 0.4) is 0 Å². The molecule has 2 aromatic heterocycles. The molecule has 0 fully saturated rings. The van der Waals surface area contributed by atoms with Gasteiger partial charge in [-0.25, -0.2) is 4.98 Å². The van der Waals surface area contributed by atoms with Crippen LogP contribution in [0.25, 0.3) is 0 Å². The van der Waals surface area contributed by atoms with Gasteiger partial charge in [-0.05, 0) is 19.3 Å². The van der Waals surface area contributed by atoms with Crippen molar-refractivity contribution in [3.63, 3.8) is 0 Å². The third-order valence-corrected chi connectivity index (χ3v) is 2.24. The van der Waals surface area contributed by atoms with E-state index in [1.807, 2.05) is 6.07 Å². The highest BCUT2D eigenvalue weighted by Gasteiger charge is 1.97. The Morgan fingerprint density at radius 1 is 1.35 bits per heavy atom. The number of rotatable bonds is 6. The second-order valence-electron chi connectivity index (χ2n) is 3.65. The summed E-state index contributed by atoms with van der Waals surface area (Å²) in [5, 5.41) is 14.7. The lowest BCUT2D eigenvalue weighted by atomic mass is 10.2. The Morgan fingerprint density at radius 2 is 2.29 bits per heavy atom. The van der Waals surface area contributed by atoms with Crippen LogP contribution in [0.5, 0.6) is 0 Å². The van der Waals surface area contributed by atoms with Crippen molar-refractivity contribution in [1.82, 2.24) is 20.2 Å². The number of imidazole rings is 1. The number of aryl methyl sites for hydroxylation is 1. The van der Waals surface area contributed by atoms with Gasteiger partial charge >= 0.3 is 0 Å². The van der Waals surface area contributed by atoms with E-state index in [1.54, 1.807) is 12.4 Å². The molecule has 0 amide bonds. The Bertz CT molecular complexity index is 457. The van der Waals surface area contributed by atoms with Crippen molar-refractivity contribution in [2.75, 3.05) is 12.3 Å². The summed E-state index contributed by atoms with van der Waals surface area (Å²) in [5.41, 5.74) is 6.51. The summed E-state index contributed by atoms with van der Waals surface area (Å²) >= 11 is 0. The Balaban J connectivity index is 1.60. The molecule has 2 heterocycles. The number of nitrogens with one attached hydrogen (secondary N) is 2. The van der Waals surface area contributed by atoms with Gasteiger partial charge in [0.05, 0.1) is 12.2 Å². The van der Waals surface area contributed by atoms with E-state index < -0.39 is 0 Å². The van der Waals surface area contributed by atoms with Gasteiger partial charge < -0.3 is 10.7 Å². The third kappa shape index (κ3) is 3.71. The number of nitrogens with two attached hydrogens (primary N) is 1. The number of azo groups is 1. The Kier molecular flexibility index (Phi) is 3.85. The van der Waals surface area contributed by atoms with E-state index in [0.29, 0.717) is 18.3 Å². The van der Waals surface area contributed by atoms with Crippen LogP contribution in [0.15, 0.2) is 28.7 Å². The number of aromatic amines is 2. The molecule has 0 unspecified atom stereocenters. The fourth-order valence-corrected chi connectivity index (χ4v) is 1.43. The molecular formula is C10H15N7. The van der Waals surface area contributed by atoms with Crippen LogP contribution in [0.4, 0.5) is 11.8 Å². The highest BCUT2D eigenvalue weighted by atomic mass is 15.2. The molecule has 17 heavy (non-hydrogen) atoms. The molecule has 0 aliphatic rings. The summed E-state index contributed by atoms with van der Waals surface area (Å²) in [5.74, 6) is 1.16. The molecule has 0 aliphatic heterocycles. The summed E-state index contributed by atoms with van der Waals surface area (Å²) in [7, 11) is 0. The van der Waals surface area contributed by atoms with E-state index in [-0.39, 0.29) is 0 Å². The predicted octanol–water partition coefficient (Wildman–Crippen LogP) is 1.82. The minimum atomic E-state index is 0.546. The molecule has 0 bridgehead atoms. The fraction of sp³-hybridized carbons (Fsp3) is 0.400. The molecule has 7 nitrogen and oxygen atoms in total. The van der Waals surface area contributed by atoms with Gasteiger partial charge in [-0.2, -0.15) is 10.2 Å². The molecule has 0 spiro atoms. The van der Waals surface area contributed by atoms with Crippen molar-refractivity contribution in [3.05, 3.63) is 24.2 Å². The molecule has 0 aliphatic carbocycles. The first kappa shape index (κ1) is 11.3. The van der Waals surface area contributed by atoms with Gasteiger partial charge in [0, 0.05) is 18.5 Å². The van der Waals surface area contributed by atoms with Crippen molar-refractivity contribution in [1.29, 1.82) is 0 Å². The summed E-state index contributed by atoms with van der Waals surface area (Å²) < 4.78 is 0. The third-order valence-electron chi connectivity index (χ3n) is 2.24. The highest BCUT2D eigenvalue weighted by Crippen LogP contribution is 2.06. The van der Waals surface area contributed by atoms with Crippen molar-refractivity contribution < 1.29 is 0 Å². The molecule has 2 aromatic rings. The van der Waals surface area contributed by atoms with Gasteiger partial charge in [-0.15, -0.1) is 5.11 Å². The first-order chi connectivity index (χ1) is 8.34. The molecule has 90 valence electrons. The minimum Gasteiger partial charge on any atom is -0.384 e. The zero-order valence-electron chi connectivity index (χ0n) is 9.43. The number of hydrogen-bond donors (Lipinski definition) is 3. The monoisotopic (exact) mass is 233 g/mol. The first-order valence-corrected chi connectivity index (χ1v) is 5.51. The maximum absolute atomic E-state index is 5.52. The lowest BCUT2D eigenvalue weighted by Crippen LogP contribution is -1.87. The van der Waals surface area contributed by atoms with Crippen LogP contribution in [0, 0.1) is 0 Å². The van der Waals surface area contributed by atoms with Gasteiger partial charge in [0.1, 0.15) is 5.82 Å². The van der Waals surface area contributed by atoms with Crippen molar-refractivity contribution in [2.24, 2.45) is 10.2 Å². The fourth-order valence-electron chi connectivity index (χ4n) is 1.43. The van der Waals surface area contributed by atoms with Crippen LogP contribution >= 0.6 is 0 Å². The molecule has 0 saturated heterocycles. The van der Waals surface area contributed by atoms with Gasteiger partial charge in [-0.1, -0.05) is 0 Å². The Labute approximate surface area is 98.6 Å². The number of nitrogens with zero attached hydrogens (tertiary/aromatic N) is 4.